The number of hydrogen-bond donors (Lipinski definition) is 0. The average molecular weight is 295 g/mol. The smallest absolute Gasteiger partial charge is 0.410 e. The zero-order valence-electron chi connectivity index (χ0n) is 13.7. The van der Waals surface area contributed by atoms with E-state index in [4.69, 9.17) is 4.74 Å². The number of ketones is 1. The summed E-state index contributed by atoms with van der Waals surface area (Å²) in [6.07, 6.45) is 7.58. The lowest BCUT2D eigenvalue weighted by molar-refractivity contribution is -0.126. The minimum atomic E-state index is -0.475. The molecule has 0 spiro atoms. The van der Waals surface area contributed by atoms with Crippen LogP contribution in [0.5, 0.6) is 0 Å². The van der Waals surface area contributed by atoms with Crippen molar-refractivity contribution >= 4 is 11.9 Å². The number of rotatable bonds is 2. The Balaban J connectivity index is 1.89. The fraction of sp³-hybridized carbons (Fsp3) is 0.882. The third-order valence-corrected chi connectivity index (χ3v) is 4.52. The van der Waals surface area contributed by atoms with Crippen LogP contribution in [0.1, 0.15) is 65.7 Å². The quantitative estimate of drug-likeness (QED) is 0.779. The second-order valence-corrected chi connectivity index (χ2v) is 7.58. The summed E-state index contributed by atoms with van der Waals surface area (Å²) < 4.78 is 5.43. The third-order valence-electron chi connectivity index (χ3n) is 4.52. The Hall–Kier alpha value is -1.06. The molecular weight excluding hydrogens is 266 g/mol. The van der Waals surface area contributed by atoms with Gasteiger partial charge in [-0.25, -0.2) is 4.79 Å². The molecule has 4 heteroatoms. The minimum absolute atomic E-state index is 0.0226. The van der Waals surface area contributed by atoms with Crippen LogP contribution in [0, 0.1) is 11.8 Å². The summed E-state index contributed by atoms with van der Waals surface area (Å²) in [5.41, 5.74) is -0.475. The number of Topliss-reactive ketones (excluding diaryl/α,β-unsaturated/α-hetero) is 1. The summed E-state index contributed by atoms with van der Waals surface area (Å²) in [7, 11) is 0. The monoisotopic (exact) mass is 295 g/mol. The molecule has 2 rings (SSSR count). The van der Waals surface area contributed by atoms with Crippen LogP contribution in [0.3, 0.4) is 0 Å². The van der Waals surface area contributed by atoms with Gasteiger partial charge in [0.1, 0.15) is 11.4 Å². The lowest BCUT2D eigenvalue weighted by atomic mass is 9.80. The fourth-order valence-electron chi connectivity index (χ4n) is 3.43. The van der Waals surface area contributed by atoms with E-state index in [0.29, 0.717) is 31.2 Å². The Bertz CT molecular complexity index is 380. The van der Waals surface area contributed by atoms with E-state index >= 15 is 0 Å². The summed E-state index contributed by atoms with van der Waals surface area (Å²) in [6.45, 7) is 6.68. The van der Waals surface area contributed by atoms with Crippen molar-refractivity contribution in [1.82, 2.24) is 4.90 Å². The molecular formula is C17H29NO3. The van der Waals surface area contributed by atoms with Gasteiger partial charge in [0.15, 0.2) is 0 Å². The molecule has 21 heavy (non-hydrogen) atoms. The molecule has 1 saturated carbocycles. The Morgan fingerprint density at radius 2 is 1.90 bits per heavy atom. The predicted octanol–water partition coefficient (Wildman–Crippen LogP) is 3.78. The van der Waals surface area contributed by atoms with Crippen LogP contribution in [-0.4, -0.2) is 35.5 Å². The standard InChI is InChI=1S/C17H29NO3/c1-17(2,3)21-16(20)18-10-9-15(19)14(12-18)11-13-7-5-4-6-8-13/h13-14H,4-12H2,1-3H3. The van der Waals surface area contributed by atoms with E-state index in [1.54, 1.807) is 4.90 Å². The van der Waals surface area contributed by atoms with Gasteiger partial charge in [-0.15, -0.1) is 0 Å². The number of nitrogens with zero attached hydrogens (tertiary/aromatic N) is 1. The number of piperidine rings is 1. The topological polar surface area (TPSA) is 46.6 Å². The van der Waals surface area contributed by atoms with Crippen LogP contribution < -0.4 is 0 Å². The van der Waals surface area contributed by atoms with Crippen LogP contribution in [0.2, 0.25) is 0 Å². The number of carbonyl (C=O) groups excluding carboxylic acids is 2. The lowest BCUT2D eigenvalue weighted by Crippen LogP contribution is -2.46. The maximum Gasteiger partial charge on any atom is 0.410 e. The molecule has 1 heterocycles. The van der Waals surface area contributed by atoms with Crippen molar-refractivity contribution in [3.63, 3.8) is 0 Å². The number of ether oxygens (including phenoxy) is 1. The highest BCUT2D eigenvalue weighted by Crippen LogP contribution is 2.31. The van der Waals surface area contributed by atoms with Gasteiger partial charge >= 0.3 is 6.09 Å². The summed E-state index contributed by atoms with van der Waals surface area (Å²) in [5, 5.41) is 0. The van der Waals surface area contributed by atoms with Crippen LogP contribution in [0.25, 0.3) is 0 Å². The normalized spacial score (nSPS) is 25.0. The average Bonchev–Trinajstić information content (AvgIpc) is 2.40. The van der Waals surface area contributed by atoms with Crippen molar-refractivity contribution in [2.24, 2.45) is 11.8 Å². The van der Waals surface area contributed by atoms with Crippen molar-refractivity contribution in [2.45, 2.75) is 71.3 Å². The number of hydrogen-bond acceptors (Lipinski definition) is 3. The summed E-state index contributed by atoms with van der Waals surface area (Å²) in [5.74, 6) is 1.03. The zero-order chi connectivity index (χ0) is 15.5. The molecule has 1 unspecified atom stereocenters. The first-order valence-electron chi connectivity index (χ1n) is 8.36. The van der Waals surface area contributed by atoms with E-state index in [0.717, 1.165) is 6.42 Å². The third kappa shape index (κ3) is 5.01. The van der Waals surface area contributed by atoms with Crippen molar-refractivity contribution in [3.8, 4) is 0 Å². The first kappa shape index (κ1) is 16.3. The van der Waals surface area contributed by atoms with Gasteiger partial charge in [-0.05, 0) is 33.1 Å². The minimum Gasteiger partial charge on any atom is -0.444 e. The van der Waals surface area contributed by atoms with Gasteiger partial charge in [-0.1, -0.05) is 32.1 Å². The molecule has 1 aliphatic carbocycles. The summed E-state index contributed by atoms with van der Waals surface area (Å²) in [6, 6.07) is 0. The van der Waals surface area contributed by atoms with E-state index in [1.807, 2.05) is 20.8 Å². The van der Waals surface area contributed by atoms with Gasteiger partial charge in [0.25, 0.3) is 0 Å². The van der Waals surface area contributed by atoms with Crippen LogP contribution in [0.15, 0.2) is 0 Å². The highest BCUT2D eigenvalue weighted by Gasteiger charge is 2.33. The number of amides is 1. The summed E-state index contributed by atoms with van der Waals surface area (Å²) in [4.78, 5) is 26.0. The van der Waals surface area contributed by atoms with Crippen molar-refractivity contribution in [1.29, 1.82) is 0 Å². The van der Waals surface area contributed by atoms with Crippen molar-refractivity contribution in [2.75, 3.05) is 13.1 Å². The van der Waals surface area contributed by atoms with Gasteiger partial charge in [0.2, 0.25) is 0 Å². The predicted molar refractivity (Wildman–Crippen MR) is 82.1 cm³/mol. The second kappa shape index (κ2) is 6.80. The maximum absolute atomic E-state index is 12.2. The van der Waals surface area contributed by atoms with E-state index in [2.05, 4.69) is 0 Å². The molecule has 0 N–H and O–H groups in total. The van der Waals surface area contributed by atoms with E-state index < -0.39 is 5.60 Å². The molecule has 0 aromatic carbocycles. The molecule has 0 radical (unpaired) electrons. The van der Waals surface area contributed by atoms with E-state index in [-0.39, 0.29) is 12.0 Å². The molecule has 1 amide bonds. The molecule has 0 aromatic rings. The Labute approximate surface area is 128 Å². The molecule has 1 aliphatic heterocycles. The maximum atomic E-state index is 12.2. The van der Waals surface area contributed by atoms with Crippen molar-refractivity contribution < 1.29 is 14.3 Å². The Kier molecular flexibility index (Phi) is 5.28. The molecule has 1 saturated heterocycles. The zero-order valence-corrected chi connectivity index (χ0v) is 13.7. The SMILES string of the molecule is CC(C)(C)OC(=O)N1CCC(=O)C(CC2CCCCC2)C1. The largest absolute Gasteiger partial charge is 0.444 e. The highest BCUT2D eigenvalue weighted by molar-refractivity contribution is 5.84. The van der Waals surface area contributed by atoms with Crippen molar-refractivity contribution in [3.05, 3.63) is 0 Å². The fourth-order valence-corrected chi connectivity index (χ4v) is 3.43. The number of carbonyl (C=O) groups is 2. The Morgan fingerprint density at radius 1 is 1.24 bits per heavy atom. The second-order valence-electron chi connectivity index (χ2n) is 7.58. The van der Waals surface area contributed by atoms with Gasteiger partial charge < -0.3 is 9.64 Å². The molecule has 4 nitrogen and oxygen atoms in total. The van der Waals surface area contributed by atoms with Gasteiger partial charge in [0.05, 0.1) is 0 Å². The van der Waals surface area contributed by atoms with Crippen LogP contribution >= 0.6 is 0 Å². The lowest BCUT2D eigenvalue weighted by Gasteiger charge is -2.35. The van der Waals surface area contributed by atoms with Crippen LogP contribution in [-0.2, 0) is 9.53 Å². The molecule has 2 fully saturated rings. The molecule has 0 bridgehead atoms. The number of likely N-dealkylation sites (tertiary alicyclic amines) is 1. The Morgan fingerprint density at radius 3 is 2.52 bits per heavy atom. The molecule has 1 atom stereocenters. The van der Waals surface area contributed by atoms with E-state index in [1.165, 1.54) is 32.1 Å². The molecule has 2 aliphatic rings. The summed E-state index contributed by atoms with van der Waals surface area (Å²) >= 11 is 0. The van der Waals surface area contributed by atoms with E-state index in [9.17, 15) is 9.59 Å². The molecule has 0 aromatic heterocycles. The molecule has 120 valence electrons. The van der Waals surface area contributed by atoms with Gasteiger partial charge in [0, 0.05) is 25.4 Å². The first-order valence-corrected chi connectivity index (χ1v) is 8.36. The van der Waals surface area contributed by atoms with Gasteiger partial charge in [-0.2, -0.15) is 0 Å². The van der Waals surface area contributed by atoms with Gasteiger partial charge in [-0.3, -0.25) is 4.79 Å². The highest BCUT2D eigenvalue weighted by atomic mass is 16.6. The van der Waals surface area contributed by atoms with Crippen LogP contribution in [0.4, 0.5) is 4.79 Å². The first-order chi connectivity index (χ1) is 9.85.